The Kier molecular flexibility index (Phi) is 6.05. The van der Waals surface area contributed by atoms with Crippen LogP contribution in [0.2, 0.25) is 0 Å². The fourth-order valence-electron chi connectivity index (χ4n) is 3.87. The molecular formula is C26H22N4O3S. The molecule has 0 aliphatic carbocycles. The highest BCUT2D eigenvalue weighted by Gasteiger charge is 2.21. The lowest BCUT2D eigenvalue weighted by Gasteiger charge is -2.15. The SMILES string of the molecule is O=C(CNC(=O)c1ccc(N2CCCC2=O)cc1)Nc1ccc(-c2nc3ccccc3s2)cc1. The Morgan fingerprint density at radius 1 is 0.971 bits per heavy atom. The Labute approximate surface area is 200 Å². The van der Waals surface area contributed by atoms with Crippen LogP contribution in [0.15, 0.2) is 72.8 Å². The van der Waals surface area contributed by atoms with Crippen LogP contribution in [-0.4, -0.2) is 35.8 Å². The highest BCUT2D eigenvalue weighted by atomic mass is 32.1. The van der Waals surface area contributed by atoms with Gasteiger partial charge in [-0.2, -0.15) is 0 Å². The van der Waals surface area contributed by atoms with Crippen molar-refractivity contribution in [3.05, 3.63) is 78.4 Å². The topological polar surface area (TPSA) is 91.4 Å². The van der Waals surface area contributed by atoms with Crippen molar-refractivity contribution >= 4 is 50.6 Å². The van der Waals surface area contributed by atoms with Gasteiger partial charge < -0.3 is 15.5 Å². The van der Waals surface area contributed by atoms with Crippen molar-refractivity contribution in [3.63, 3.8) is 0 Å². The third kappa shape index (κ3) is 4.67. The number of anilines is 2. The number of hydrogen-bond donors (Lipinski definition) is 2. The second kappa shape index (κ2) is 9.44. The van der Waals surface area contributed by atoms with Crippen LogP contribution in [0.1, 0.15) is 23.2 Å². The number of thiazole rings is 1. The summed E-state index contributed by atoms with van der Waals surface area (Å²) in [7, 11) is 0. The molecule has 3 aromatic carbocycles. The van der Waals surface area contributed by atoms with Gasteiger partial charge in [-0.1, -0.05) is 12.1 Å². The first-order valence-electron chi connectivity index (χ1n) is 11.0. The summed E-state index contributed by atoms with van der Waals surface area (Å²) in [5, 5.41) is 6.34. The van der Waals surface area contributed by atoms with Crippen molar-refractivity contribution in [1.82, 2.24) is 10.3 Å². The molecule has 4 aromatic rings. The molecule has 0 spiro atoms. The molecule has 0 atom stereocenters. The van der Waals surface area contributed by atoms with Gasteiger partial charge in [-0.3, -0.25) is 14.4 Å². The molecule has 0 radical (unpaired) electrons. The Morgan fingerprint density at radius 3 is 2.44 bits per heavy atom. The van der Waals surface area contributed by atoms with E-state index in [-0.39, 0.29) is 24.3 Å². The number of carbonyl (C=O) groups excluding carboxylic acids is 3. The molecule has 5 rings (SSSR count). The van der Waals surface area contributed by atoms with Crippen molar-refractivity contribution in [2.45, 2.75) is 12.8 Å². The summed E-state index contributed by atoms with van der Waals surface area (Å²) in [5.41, 5.74) is 3.81. The fourth-order valence-corrected chi connectivity index (χ4v) is 4.84. The number of nitrogens with zero attached hydrogens (tertiary/aromatic N) is 2. The molecule has 1 fully saturated rings. The zero-order valence-corrected chi connectivity index (χ0v) is 19.1. The molecular weight excluding hydrogens is 448 g/mol. The van der Waals surface area contributed by atoms with Crippen molar-refractivity contribution < 1.29 is 14.4 Å². The lowest BCUT2D eigenvalue weighted by Crippen LogP contribution is -2.32. The Bertz CT molecular complexity index is 1330. The summed E-state index contributed by atoms with van der Waals surface area (Å²) in [6, 6.07) is 22.3. The highest BCUT2D eigenvalue weighted by molar-refractivity contribution is 7.21. The number of benzene rings is 3. The van der Waals surface area contributed by atoms with Gasteiger partial charge in [0.1, 0.15) is 5.01 Å². The number of para-hydroxylation sites is 1. The summed E-state index contributed by atoms with van der Waals surface area (Å²) < 4.78 is 1.13. The zero-order valence-electron chi connectivity index (χ0n) is 18.3. The molecule has 3 amide bonds. The van der Waals surface area contributed by atoms with Gasteiger partial charge in [0.2, 0.25) is 11.8 Å². The van der Waals surface area contributed by atoms with Crippen molar-refractivity contribution in [2.75, 3.05) is 23.3 Å². The van der Waals surface area contributed by atoms with Gasteiger partial charge in [0.05, 0.1) is 16.8 Å². The van der Waals surface area contributed by atoms with E-state index in [1.54, 1.807) is 40.5 Å². The first kappa shape index (κ1) is 21.8. The summed E-state index contributed by atoms with van der Waals surface area (Å²) in [4.78, 5) is 42.9. The lowest BCUT2D eigenvalue weighted by atomic mass is 10.2. The highest BCUT2D eigenvalue weighted by Crippen LogP contribution is 2.30. The number of nitrogens with one attached hydrogen (secondary N) is 2. The quantitative estimate of drug-likeness (QED) is 0.435. The lowest BCUT2D eigenvalue weighted by molar-refractivity contribution is -0.117. The summed E-state index contributed by atoms with van der Waals surface area (Å²) in [6.07, 6.45) is 1.41. The summed E-state index contributed by atoms with van der Waals surface area (Å²) in [6.45, 7) is 0.553. The van der Waals surface area contributed by atoms with E-state index in [4.69, 9.17) is 0 Å². The molecule has 2 N–H and O–H groups in total. The molecule has 8 heteroatoms. The van der Waals surface area contributed by atoms with Gasteiger partial charge in [-0.05, 0) is 67.1 Å². The van der Waals surface area contributed by atoms with Crippen molar-refractivity contribution in [3.8, 4) is 10.6 Å². The van der Waals surface area contributed by atoms with Crippen LogP contribution in [0.5, 0.6) is 0 Å². The maximum Gasteiger partial charge on any atom is 0.251 e. The number of hydrogen-bond acceptors (Lipinski definition) is 5. The molecule has 2 heterocycles. The van der Waals surface area contributed by atoms with Gasteiger partial charge in [0, 0.05) is 35.5 Å². The van der Waals surface area contributed by atoms with Crippen LogP contribution in [-0.2, 0) is 9.59 Å². The molecule has 1 aliphatic rings. The van der Waals surface area contributed by atoms with E-state index in [9.17, 15) is 14.4 Å². The van der Waals surface area contributed by atoms with E-state index in [1.165, 1.54) is 0 Å². The van der Waals surface area contributed by atoms with E-state index in [1.807, 2.05) is 48.5 Å². The predicted octanol–water partition coefficient (Wildman–Crippen LogP) is 4.46. The maximum atomic E-state index is 12.4. The average Bonchev–Trinajstić information content (AvgIpc) is 3.49. The van der Waals surface area contributed by atoms with Gasteiger partial charge in [0.15, 0.2) is 0 Å². The first-order valence-corrected chi connectivity index (χ1v) is 11.8. The van der Waals surface area contributed by atoms with Crippen LogP contribution in [0.25, 0.3) is 20.8 Å². The van der Waals surface area contributed by atoms with E-state index >= 15 is 0 Å². The van der Waals surface area contributed by atoms with Gasteiger partial charge in [-0.15, -0.1) is 11.3 Å². The Balaban J connectivity index is 1.14. The minimum atomic E-state index is -0.347. The first-order chi connectivity index (χ1) is 16.6. The molecule has 34 heavy (non-hydrogen) atoms. The summed E-state index contributed by atoms with van der Waals surface area (Å²) in [5.74, 6) is -0.567. The molecule has 1 aromatic heterocycles. The van der Waals surface area contributed by atoms with Crippen molar-refractivity contribution in [1.29, 1.82) is 0 Å². The Hall–Kier alpha value is -4.04. The molecule has 0 bridgehead atoms. The molecule has 0 saturated carbocycles. The number of aromatic nitrogens is 1. The average molecular weight is 471 g/mol. The summed E-state index contributed by atoms with van der Waals surface area (Å²) >= 11 is 1.62. The molecule has 1 saturated heterocycles. The minimum absolute atomic E-state index is 0.0991. The molecule has 7 nitrogen and oxygen atoms in total. The number of carbonyl (C=O) groups is 3. The van der Waals surface area contributed by atoms with E-state index in [0.29, 0.717) is 24.2 Å². The maximum absolute atomic E-state index is 12.4. The van der Waals surface area contributed by atoms with E-state index in [0.717, 1.165) is 32.9 Å². The third-order valence-electron chi connectivity index (χ3n) is 5.63. The smallest absolute Gasteiger partial charge is 0.251 e. The number of rotatable bonds is 6. The molecule has 170 valence electrons. The van der Waals surface area contributed by atoms with Gasteiger partial charge >= 0.3 is 0 Å². The standard InChI is InChI=1S/C26H22N4O3S/c31-23(16-27-25(33)17-9-13-20(14-10-17)30-15-3-6-24(30)32)28-19-11-7-18(8-12-19)26-29-21-4-1-2-5-22(21)34-26/h1-2,4-5,7-14H,3,6,15-16H2,(H,27,33)(H,28,31). The van der Waals surface area contributed by atoms with E-state index in [2.05, 4.69) is 15.6 Å². The van der Waals surface area contributed by atoms with Gasteiger partial charge in [-0.25, -0.2) is 4.98 Å². The third-order valence-corrected chi connectivity index (χ3v) is 6.72. The molecule has 1 aliphatic heterocycles. The second-order valence-electron chi connectivity index (χ2n) is 7.99. The monoisotopic (exact) mass is 470 g/mol. The number of amides is 3. The van der Waals surface area contributed by atoms with Crippen LogP contribution in [0.3, 0.4) is 0 Å². The zero-order chi connectivity index (χ0) is 23.5. The largest absolute Gasteiger partial charge is 0.343 e. The minimum Gasteiger partial charge on any atom is -0.343 e. The molecule has 0 unspecified atom stereocenters. The predicted molar refractivity (Wildman–Crippen MR) is 134 cm³/mol. The number of fused-ring (bicyclic) bond motifs is 1. The Morgan fingerprint density at radius 2 is 1.74 bits per heavy atom. The van der Waals surface area contributed by atoms with Crippen LogP contribution >= 0.6 is 11.3 Å². The van der Waals surface area contributed by atoms with Crippen molar-refractivity contribution in [2.24, 2.45) is 0 Å². The fraction of sp³-hybridized carbons (Fsp3) is 0.154. The van der Waals surface area contributed by atoms with Gasteiger partial charge in [0.25, 0.3) is 5.91 Å². The normalized spacial score (nSPS) is 13.3. The second-order valence-corrected chi connectivity index (χ2v) is 9.02. The van der Waals surface area contributed by atoms with Crippen LogP contribution in [0.4, 0.5) is 11.4 Å². The van der Waals surface area contributed by atoms with Crippen LogP contribution < -0.4 is 15.5 Å². The van der Waals surface area contributed by atoms with Crippen LogP contribution in [0, 0.1) is 0 Å². The van der Waals surface area contributed by atoms with E-state index < -0.39 is 0 Å².